The Kier molecular flexibility index (Phi) is 2.29. The number of rotatable bonds is 2. The number of hydrogen-bond donors (Lipinski definition) is 1. The summed E-state index contributed by atoms with van der Waals surface area (Å²) in [6.07, 6.45) is 1.20. The molecule has 1 atom stereocenters. The predicted molar refractivity (Wildman–Crippen MR) is 42.0 cm³/mol. The highest BCUT2D eigenvalue weighted by atomic mass is 16.3. The smallest absolute Gasteiger partial charge is 0.160 e. The van der Waals surface area contributed by atoms with Crippen LogP contribution in [0.2, 0.25) is 0 Å². The molecule has 1 N–H and O–H groups in total. The van der Waals surface area contributed by atoms with Gasteiger partial charge in [0.2, 0.25) is 0 Å². The number of hydrogen-bond acceptors (Lipinski definition) is 3. The highest BCUT2D eigenvalue weighted by molar-refractivity contribution is 5.93. The van der Waals surface area contributed by atoms with Crippen LogP contribution in [0.1, 0.15) is 13.3 Å². The first kappa shape index (κ1) is 8.27. The lowest BCUT2D eigenvalue weighted by molar-refractivity contribution is -0.115. The largest absolute Gasteiger partial charge is 0.386 e. The summed E-state index contributed by atoms with van der Waals surface area (Å²) in [6.45, 7) is 2.80. The van der Waals surface area contributed by atoms with Crippen LogP contribution in [0.3, 0.4) is 0 Å². The van der Waals surface area contributed by atoms with Gasteiger partial charge in [0.1, 0.15) is 6.10 Å². The third-order valence-corrected chi connectivity index (χ3v) is 1.96. The molecule has 3 nitrogen and oxygen atoms in total. The highest BCUT2D eigenvalue weighted by Gasteiger charge is 2.24. The Balaban J connectivity index is 2.70. The Labute approximate surface area is 66.3 Å². The molecule has 1 aliphatic carbocycles. The summed E-state index contributed by atoms with van der Waals surface area (Å²) in [6, 6.07) is 0. The number of allylic oxidation sites excluding steroid dienone is 1. The first-order valence-electron chi connectivity index (χ1n) is 3.78. The molecule has 1 unspecified atom stereocenters. The van der Waals surface area contributed by atoms with Gasteiger partial charge in [0.25, 0.3) is 0 Å². The van der Waals surface area contributed by atoms with Crippen molar-refractivity contribution in [1.29, 1.82) is 0 Å². The quantitative estimate of drug-likeness (QED) is 0.617. The van der Waals surface area contributed by atoms with E-state index in [0.717, 1.165) is 12.2 Å². The lowest BCUT2D eigenvalue weighted by Gasteiger charge is -2.20. The third-order valence-electron chi connectivity index (χ3n) is 1.96. The molecule has 0 spiro atoms. The maximum atomic E-state index is 10.8. The Hall–Kier alpha value is -0.830. The molecule has 11 heavy (non-hydrogen) atoms. The zero-order valence-corrected chi connectivity index (χ0v) is 6.87. The van der Waals surface area contributed by atoms with E-state index in [1.54, 1.807) is 0 Å². The number of ketones is 1. The van der Waals surface area contributed by atoms with E-state index in [4.69, 9.17) is 0 Å². The molecule has 0 aromatic heterocycles. The number of aliphatic hydroxyl groups excluding tert-OH is 1. The van der Waals surface area contributed by atoms with Crippen LogP contribution in [0.25, 0.3) is 0 Å². The van der Waals surface area contributed by atoms with Gasteiger partial charge in [0.05, 0.1) is 0 Å². The van der Waals surface area contributed by atoms with Crippen molar-refractivity contribution in [3.63, 3.8) is 0 Å². The van der Waals surface area contributed by atoms with Crippen LogP contribution in [-0.4, -0.2) is 35.5 Å². The molecule has 1 rings (SSSR count). The van der Waals surface area contributed by atoms with Crippen LogP contribution in [0.5, 0.6) is 0 Å². The molecule has 0 aliphatic heterocycles. The van der Waals surface area contributed by atoms with E-state index in [1.807, 2.05) is 18.9 Å². The minimum atomic E-state index is -0.576. The Morgan fingerprint density at radius 3 is 2.82 bits per heavy atom. The Bertz CT molecular complexity index is 198. The molecule has 0 saturated heterocycles. The summed E-state index contributed by atoms with van der Waals surface area (Å²) in [7, 11) is 1.87. The summed E-state index contributed by atoms with van der Waals surface area (Å²) in [4.78, 5) is 12.7. The number of likely N-dealkylation sites (N-methyl/N-ethyl adjacent to an activating group) is 1. The van der Waals surface area contributed by atoms with Crippen molar-refractivity contribution in [3.8, 4) is 0 Å². The minimum absolute atomic E-state index is 0.0211. The number of aliphatic hydroxyl groups is 1. The van der Waals surface area contributed by atoms with Crippen LogP contribution in [0.4, 0.5) is 0 Å². The van der Waals surface area contributed by atoms with E-state index in [-0.39, 0.29) is 12.2 Å². The van der Waals surface area contributed by atoms with Crippen molar-refractivity contribution < 1.29 is 9.90 Å². The number of nitrogens with zero attached hydrogens (tertiary/aromatic N) is 1. The van der Waals surface area contributed by atoms with Crippen molar-refractivity contribution >= 4 is 5.78 Å². The van der Waals surface area contributed by atoms with Gasteiger partial charge >= 0.3 is 0 Å². The molecule has 62 valence electrons. The van der Waals surface area contributed by atoms with Crippen molar-refractivity contribution in [3.05, 3.63) is 11.8 Å². The van der Waals surface area contributed by atoms with E-state index < -0.39 is 6.10 Å². The molecular formula is C8H13NO2. The molecule has 1 aliphatic rings. The van der Waals surface area contributed by atoms with Gasteiger partial charge in [-0.1, -0.05) is 0 Å². The van der Waals surface area contributed by atoms with E-state index in [2.05, 4.69) is 0 Å². The van der Waals surface area contributed by atoms with Crippen LogP contribution in [-0.2, 0) is 4.79 Å². The standard InChI is InChI=1S/C8H13NO2/c1-3-9(2)7-4-6(10)5-8(7)11/h4,8,11H,3,5H2,1-2H3. The topological polar surface area (TPSA) is 40.5 Å². The highest BCUT2D eigenvalue weighted by Crippen LogP contribution is 2.18. The fourth-order valence-corrected chi connectivity index (χ4v) is 1.16. The first-order chi connectivity index (χ1) is 5.15. The van der Waals surface area contributed by atoms with Crippen LogP contribution >= 0.6 is 0 Å². The summed E-state index contributed by atoms with van der Waals surface area (Å²) in [5.74, 6) is 0.0211. The van der Waals surface area contributed by atoms with Gasteiger partial charge in [0.15, 0.2) is 5.78 Å². The molecule has 0 amide bonds. The second kappa shape index (κ2) is 3.05. The van der Waals surface area contributed by atoms with E-state index in [9.17, 15) is 9.90 Å². The molecule has 0 aromatic carbocycles. The van der Waals surface area contributed by atoms with E-state index in [1.165, 1.54) is 6.08 Å². The fraction of sp³-hybridized carbons (Fsp3) is 0.625. The van der Waals surface area contributed by atoms with Crippen molar-refractivity contribution in [2.24, 2.45) is 0 Å². The third kappa shape index (κ3) is 1.60. The van der Waals surface area contributed by atoms with Crippen LogP contribution < -0.4 is 0 Å². The summed E-state index contributed by atoms with van der Waals surface area (Å²) in [5, 5.41) is 9.33. The molecular weight excluding hydrogens is 142 g/mol. The van der Waals surface area contributed by atoms with Gasteiger partial charge in [-0.25, -0.2) is 0 Å². The summed E-state index contributed by atoms with van der Waals surface area (Å²) in [5.41, 5.74) is 0.748. The van der Waals surface area contributed by atoms with E-state index in [0.29, 0.717) is 0 Å². The molecule has 0 radical (unpaired) electrons. The van der Waals surface area contributed by atoms with Gasteiger partial charge in [-0.3, -0.25) is 4.79 Å². The maximum Gasteiger partial charge on any atom is 0.160 e. The molecule has 0 aromatic rings. The SMILES string of the molecule is CCN(C)C1=CC(=O)CC1O. The van der Waals surface area contributed by atoms with Gasteiger partial charge in [-0.2, -0.15) is 0 Å². The molecule has 0 bridgehead atoms. The van der Waals surface area contributed by atoms with Crippen LogP contribution in [0.15, 0.2) is 11.8 Å². The number of carbonyl (C=O) groups excluding carboxylic acids is 1. The first-order valence-corrected chi connectivity index (χ1v) is 3.78. The van der Waals surface area contributed by atoms with Gasteiger partial charge < -0.3 is 10.0 Å². The summed E-state index contributed by atoms with van der Waals surface area (Å²) < 4.78 is 0. The van der Waals surface area contributed by atoms with Crippen molar-refractivity contribution in [1.82, 2.24) is 4.90 Å². The second-order valence-corrected chi connectivity index (χ2v) is 2.77. The Morgan fingerprint density at radius 2 is 2.45 bits per heavy atom. The van der Waals surface area contributed by atoms with Crippen molar-refractivity contribution in [2.75, 3.05) is 13.6 Å². The molecule has 0 saturated carbocycles. The maximum absolute atomic E-state index is 10.8. The molecule has 3 heteroatoms. The number of carbonyl (C=O) groups is 1. The second-order valence-electron chi connectivity index (χ2n) is 2.77. The zero-order chi connectivity index (χ0) is 8.43. The Morgan fingerprint density at radius 1 is 1.82 bits per heavy atom. The monoisotopic (exact) mass is 155 g/mol. The van der Waals surface area contributed by atoms with E-state index >= 15 is 0 Å². The van der Waals surface area contributed by atoms with Crippen molar-refractivity contribution in [2.45, 2.75) is 19.4 Å². The van der Waals surface area contributed by atoms with Gasteiger partial charge in [0, 0.05) is 31.8 Å². The normalized spacial score (nSPS) is 23.7. The van der Waals surface area contributed by atoms with Gasteiger partial charge in [-0.15, -0.1) is 0 Å². The van der Waals surface area contributed by atoms with Gasteiger partial charge in [-0.05, 0) is 6.92 Å². The lowest BCUT2D eigenvalue weighted by atomic mass is 10.2. The average molecular weight is 155 g/mol. The lowest BCUT2D eigenvalue weighted by Crippen LogP contribution is -2.23. The van der Waals surface area contributed by atoms with Crippen LogP contribution in [0, 0.1) is 0 Å². The average Bonchev–Trinajstić information content (AvgIpc) is 2.28. The minimum Gasteiger partial charge on any atom is -0.386 e. The fourth-order valence-electron chi connectivity index (χ4n) is 1.16. The summed E-state index contributed by atoms with van der Waals surface area (Å²) >= 11 is 0. The zero-order valence-electron chi connectivity index (χ0n) is 6.87. The molecule has 0 heterocycles. The predicted octanol–water partition coefficient (Wildman–Crippen LogP) is 0.156. The molecule has 0 fully saturated rings.